The van der Waals surface area contributed by atoms with Crippen molar-refractivity contribution < 1.29 is 19.5 Å². The maximum Gasteiger partial charge on any atom is 0.251 e. The number of rotatable bonds is 11. The second-order valence-corrected chi connectivity index (χ2v) is 13.9. The highest BCUT2D eigenvalue weighted by atomic mass is 32.2. The Bertz CT molecular complexity index is 1620. The van der Waals surface area contributed by atoms with E-state index in [0.717, 1.165) is 28.6 Å². The predicted octanol–water partition coefficient (Wildman–Crippen LogP) is 5.69. The first-order chi connectivity index (χ1) is 21.8. The van der Waals surface area contributed by atoms with E-state index in [4.69, 9.17) is 0 Å². The Hall–Kier alpha value is -3.88. The van der Waals surface area contributed by atoms with Crippen LogP contribution in [0.15, 0.2) is 98.1 Å². The van der Waals surface area contributed by atoms with Crippen LogP contribution in [0.25, 0.3) is 10.8 Å². The third-order valence-corrected chi connectivity index (χ3v) is 12.1. The van der Waals surface area contributed by atoms with Crippen LogP contribution < -0.4 is 9.80 Å². The molecule has 7 atom stereocenters. The van der Waals surface area contributed by atoms with Gasteiger partial charge in [0.1, 0.15) is 6.04 Å². The maximum atomic E-state index is 15.1. The largest absolute Gasteiger partial charge is 0.394 e. The molecule has 234 valence electrons. The van der Waals surface area contributed by atoms with Gasteiger partial charge < -0.3 is 19.8 Å². The standard InChI is InChI=1S/C37H41N3O4S/c1-5-19-38(28-15-9-8-10-16-28)34(42)31-30-21-24(4)37(45-30)32(31)35(43)40(27(7-3)23-41)33(37)36(44)39(20-6-2)29-18-17-25-13-11-12-14-26(25)22-29/h5-6,8-18,22,24,27,30-33,41H,1-2,7,19-21,23H2,3-4H3/t24?,27-,30-,31+,32-,33?,37?/m0/s1. The monoisotopic (exact) mass is 623 g/mol. The summed E-state index contributed by atoms with van der Waals surface area (Å²) in [4.78, 5) is 49.4. The van der Waals surface area contributed by atoms with Crippen LogP contribution in [-0.4, -0.2) is 69.5 Å². The topological polar surface area (TPSA) is 81.2 Å². The quantitative estimate of drug-likeness (QED) is 0.278. The van der Waals surface area contributed by atoms with Gasteiger partial charge in [0.05, 0.1) is 29.2 Å². The molecule has 3 heterocycles. The molecule has 1 spiro atoms. The summed E-state index contributed by atoms with van der Waals surface area (Å²) in [5.41, 5.74) is 1.48. The van der Waals surface area contributed by atoms with Gasteiger partial charge >= 0.3 is 0 Å². The third kappa shape index (κ3) is 4.90. The summed E-state index contributed by atoms with van der Waals surface area (Å²) in [6.45, 7) is 12.2. The molecule has 0 aliphatic carbocycles. The number of aliphatic hydroxyl groups is 1. The zero-order valence-electron chi connectivity index (χ0n) is 25.9. The molecule has 8 heteroatoms. The van der Waals surface area contributed by atoms with Gasteiger partial charge in [-0.3, -0.25) is 14.4 Å². The Morgan fingerprint density at radius 1 is 0.978 bits per heavy atom. The molecule has 0 saturated carbocycles. The Labute approximate surface area is 269 Å². The van der Waals surface area contributed by atoms with Crippen LogP contribution in [0, 0.1) is 17.8 Å². The number of hydrogen-bond donors (Lipinski definition) is 1. The second-order valence-electron chi connectivity index (χ2n) is 12.4. The summed E-state index contributed by atoms with van der Waals surface area (Å²) in [5, 5.41) is 12.5. The van der Waals surface area contributed by atoms with Crippen LogP contribution in [0.3, 0.4) is 0 Å². The fourth-order valence-electron chi connectivity index (χ4n) is 8.01. The summed E-state index contributed by atoms with van der Waals surface area (Å²) >= 11 is 1.65. The van der Waals surface area contributed by atoms with E-state index in [1.807, 2.05) is 79.7 Å². The average molecular weight is 624 g/mol. The molecule has 0 radical (unpaired) electrons. The van der Waals surface area contributed by atoms with Crippen LogP contribution in [-0.2, 0) is 14.4 Å². The molecular weight excluding hydrogens is 582 g/mol. The number of anilines is 2. The Kier molecular flexibility index (Phi) is 8.63. The van der Waals surface area contributed by atoms with Gasteiger partial charge in [0.25, 0.3) is 5.91 Å². The average Bonchev–Trinajstić information content (AvgIpc) is 3.66. The number of thioether (sulfide) groups is 1. The first-order valence-electron chi connectivity index (χ1n) is 15.8. The fraction of sp³-hybridized carbons (Fsp3) is 0.378. The Morgan fingerprint density at radius 2 is 1.62 bits per heavy atom. The zero-order chi connectivity index (χ0) is 31.9. The summed E-state index contributed by atoms with van der Waals surface area (Å²) < 4.78 is -0.811. The van der Waals surface area contributed by atoms with E-state index >= 15 is 4.79 Å². The van der Waals surface area contributed by atoms with Gasteiger partial charge in [-0.2, -0.15) is 0 Å². The molecule has 3 saturated heterocycles. The molecule has 6 rings (SSSR count). The van der Waals surface area contributed by atoms with E-state index in [9.17, 15) is 14.7 Å². The fourth-order valence-corrected chi connectivity index (χ4v) is 10.4. The molecule has 3 aliphatic rings. The highest BCUT2D eigenvalue weighted by molar-refractivity contribution is 8.02. The molecule has 0 aromatic heterocycles. The molecule has 7 nitrogen and oxygen atoms in total. The SMILES string of the molecule is C=CCN(C(=O)C1N([C@@H](CC)CO)C(=O)[C@@H]2[C@H](C(=O)N(CC=C)c3ccccc3)[C@@H]3CC(C)C12S3)c1ccc2ccccc2c1. The van der Waals surface area contributed by atoms with Gasteiger partial charge in [0, 0.05) is 29.7 Å². The molecule has 45 heavy (non-hydrogen) atoms. The Balaban J connectivity index is 1.46. The van der Waals surface area contributed by atoms with Gasteiger partial charge in [0.2, 0.25) is 11.8 Å². The molecule has 3 fully saturated rings. The Morgan fingerprint density at radius 3 is 2.27 bits per heavy atom. The van der Waals surface area contributed by atoms with Crippen molar-refractivity contribution >= 4 is 51.6 Å². The number of carbonyl (C=O) groups is 3. The van der Waals surface area contributed by atoms with Crippen molar-refractivity contribution in [2.24, 2.45) is 17.8 Å². The van der Waals surface area contributed by atoms with Crippen molar-refractivity contribution in [1.29, 1.82) is 0 Å². The third-order valence-electron chi connectivity index (χ3n) is 10.0. The van der Waals surface area contributed by atoms with E-state index in [2.05, 4.69) is 20.1 Å². The van der Waals surface area contributed by atoms with Crippen LogP contribution in [0.5, 0.6) is 0 Å². The number of aliphatic hydroxyl groups excluding tert-OH is 1. The number of nitrogens with zero attached hydrogens (tertiary/aromatic N) is 3. The number of hydrogen-bond acceptors (Lipinski definition) is 5. The normalized spacial score (nSPS) is 27.3. The minimum Gasteiger partial charge on any atom is -0.394 e. The van der Waals surface area contributed by atoms with Crippen LogP contribution in [0.4, 0.5) is 11.4 Å². The predicted molar refractivity (Wildman–Crippen MR) is 182 cm³/mol. The number of likely N-dealkylation sites (tertiary alicyclic amines) is 1. The van der Waals surface area contributed by atoms with Crippen LogP contribution in [0.2, 0.25) is 0 Å². The van der Waals surface area contributed by atoms with E-state index in [1.54, 1.807) is 38.6 Å². The molecule has 3 aromatic rings. The number of para-hydroxylation sites is 1. The number of carbonyl (C=O) groups excluding carboxylic acids is 3. The summed E-state index contributed by atoms with van der Waals surface area (Å²) in [5.74, 6) is -1.80. The molecule has 3 aromatic carbocycles. The van der Waals surface area contributed by atoms with Crippen molar-refractivity contribution in [2.45, 2.75) is 48.8 Å². The van der Waals surface area contributed by atoms with Crippen LogP contribution >= 0.6 is 11.8 Å². The van der Waals surface area contributed by atoms with Gasteiger partial charge in [-0.15, -0.1) is 24.9 Å². The summed E-state index contributed by atoms with van der Waals surface area (Å²) in [6, 6.07) is 22.0. The highest BCUT2D eigenvalue weighted by Gasteiger charge is 2.77. The number of fused-ring (bicyclic) bond motifs is 2. The van der Waals surface area contributed by atoms with Crippen LogP contribution in [0.1, 0.15) is 26.7 Å². The van der Waals surface area contributed by atoms with Crippen molar-refractivity contribution in [1.82, 2.24) is 4.90 Å². The smallest absolute Gasteiger partial charge is 0.251 e. The van der Waals surface area contributed by atoms with Gasteiger partial charge in [-0.1, -0.05) is 74.5 Å². The van der Waals surface area contributed by atoms with E-state index < -0.39 is 28.7 Å². The molecule has 3 unspecified atom stereocenters. The first-order valence-corrected chi connectivity index (χ1v) is 16.7. The summed E-state index contributed by atoms with van der Waals surface area (Å²) in [6.07, 6.45) is 4.62. The molecular formula is C37H41N3O4S. The van der Waals surface area contributed by atoms with E-state index in [1.165, 1.54) is 0 Å². The lowest BCUT2D eigenvalue weighted by Crippen LogP contribution is -2.59. The lowest BCUT2D eigenvalue weighted by molar-refractivity contribution is -0.142. The zero-order valence-corrected chi connectivity index (χ0v) is 26.7. The highest BCUT2D eigenvalue weighted by Crippen LogP contribution is 2.69. The lowest BCUT2D eigenvalue weighted by atomic mass is 9.65. The first kappa shape index (κ1) is 31.1. The van der Waals surface area contributed by atoms with Crippen molar-refractivity contribution in [3.05, 3.63) is 98.1 Å². The number of benzene rings is 3. The molecule has 3 amide bonds. The van der Waals surface area contributed by atoms with Crippen molar-refractivity contribution in [3.8, 4) is 0 Å². The van der Waals surface area contributed by atoms with Gasteiger partial charge in [0.15, 0.2) is 0 Å². The minimum absolute atomic E-state index is 0.00686. The molecule has 2 bridgehead atoms. The van der Waals surface area contributed by atoms with E-state index in [0.29, 0.717) is 13.0 Å². The van der Waals surface area contributed by atoms with Crippen molar-refractivity contribution in [2.75, 3.05) is 29.5 Å². The molecule has 1 N–H and O–H groups in total. The lowest BCUT2D eigenvalue weighted by Gasteiger charge is -2.42. The van der Waals surface area contributed by atoms with Gasteiger partial charge in [-0.25, -0.2) is 0 Å². The minimum atomic E-state index is -0.842. The second kappa shape index (κ2) is 12.5. The summed E-state index contributed by atoms with van der Waals surface area (Å²) in [7, 11) is 0. The maximum absolute atomic E-state index is 15.1. The molecule has 3 aliphatic heterocycles. The van der Waals surface area contributed by atoms with Crippen molar-refractivity contribution in [3.63, 3.8) is 0 Å². The van der Waals surface area contributed by atoms with Gasteiger partial charge in [-0.05, 0) is 53.8 Å². The number of amides is 3. The van der Waals surface area contributed by atoms with E-state index in [-0.39, 0.29) is 42.0 Å².